The number of imidazole rings is 1. The van der Waals surface area contributed by atoms with Crippen LogP contribution in [0.5, 0.6) is 6.01 Å². The number of rotatable bonds is 7. The Kier molecular flexibility index (Phi) is 5.82. The topological polar surface area (TPSA) is 72.5 Å². The summed E-state index contributed by atoms with van der Waals surface area (Å²) in [5, 5.41) is 14.7. The molecule has 1 N–H and O–H groups in total. The van der Waals surface area contributed by atoms with Crippen molar-refractivity contribution in [3.63, 3.8) is 0 Å². The second kappa shape index (κ2) is 7.64. The van der Waals surface area contributed by atoms with Crippen molar-refractivity contribution in [3.05, 3.63) is 16.8 Å². The highest BCUT2D eigenvalue weighted by Gasteiger charge is 2.21. The number of aromatic hydroxyl groups is 1. The summed E-state index contributed by atoms with van der Waals surface area (Å²) in [5.74, 6) is 0.388. The lowest BCUT2D eigenvalue weighted by atomic mass is 10.1. The zero-order chi connectivity index (χ0) is 17.0. The molecule has 0 saturated heterocycles. The fraction of sp³-hybridized carbons (Fsp3) is 0.562. The zero-order valence-electron chi connectivity index (χ0n) is 14.0. The minimum absolute atomic E-state index is 0.0544. The highest BCUT2D eigenvalue weighted by Crippen LogP contribution is 2.32. The Morgan fingerprint density at radius 2 is 2.09 bits per heavy atom. The smallest absolute Gasteiger partial charge is 0.296 e. The van der Waals surface area contributed by atoms with Gasteiger partial charge in [-0.3, -0.25) is 4.57 Å². The summed E-state index contributed by atoms with van der Waals surface area (Å²) in [6, 6.07) is 0.0604. The maximum atomic E-state index is 10.2. The van der Waals surface area contributed by atoms with E-state index in [9.17, 15) is 5.11 Å². The van der Waals surface area contributed by atoms with Gasteiger partial charge in [-0.15, -0.1) is 0 Å². The third kappa shape index (κ3) is 3.75. The van der Waals surface area contributed by atoms with E-state index in [-0.39, 0.29) is 12.1 Å². The molecule has 0 unspecified atom stereocenters. The van der Waals surface area contributed by atoms with E-state index in [1.165, 1.54) is 6.20 Å². The number of nitrogens with zero attached hydrogens (tertiary/aromatic N) is 4. The van der Waals surface area contributed by atoms with Crippen LogP contribution in [0.25, 0.3) is 11.2 Å². The van der Waals surface area contributed by atoms with Crippen LogP contribution in [0.3, 0.4) is 0 Å². The van der Waals surface area contributed by atoms with Gasteiger partial charge in [-0.1, -0.05) is 44.5 Å². The third-order valence-corrected chi connectivity index (χ3v) is 3.96. The highest BCUT2D eigenvalue weighted by atomic mass is 35.5. The Labute approximate surface area is 141 Å². The largest absolute Gasteiger partial charge is 0.480 e. The summed E-state index contributed by atoms with van der Waals surface area (Å²) < 4.78 is 1.78. The van der Waals surface area contributed by atoms with Gasteiger partial charge in [0.15, 0.2) is 5.65 Å². The molecule has 0 spiro atoms. The Bertz CT molecular complexity index is 693. The van der Waals surface area contributed by atoms with Crippen LogP contribution in [0.2, 0.25) is 5.02 Å². The number of fused-ring (bicyclic) bond motifs is 1. The first kappa shape index (κ1) is 17.5. The van der Waals surface area contributed by atoms with Crippen LogP contribution in [0.1, 0.15) is 52.1 Å². The fourth-order valence-corrected chi connectivity index (χ4v) is 2.64. The van der Waals surface area contributed by atoms with Crippen LogP contribution >= 0.6 is 11.6 Å². The Morgan fingerprint density at radius 1 is 1.39 bits per heavy atom. The molecule has 0 aliphatic rings. The van der Waals surface area contributed by atoms with E-state index in [2.05, 4.69) is 29.0 Å². The first-order valence-electron chi connectivity index (χ1n) is 7.90. The van der Waals surface area contributed by atoms with Gasteiger partial charge in [-0.2, -0.15) is 4.98 Å². The molecular weight excluding hydrogens is 316 g/mol. The van der Waals surface area contributed by atoms with Crippen molar-refractivity contribution in [2.24, 2.45) is 11.1 Å². The molecule has 7 heteroatoms. The van der Waals surface area contributed by atoms with Gasteiger partial charge in [-0.25, -0.2) is 4.98 Å². The van der Waals surface area contributed by atoms with Crippen molar-refractivity contribution in [3.8, 4) is 6.01 Å². The average Bonchev–Trinajstić information content (AvgIpc) is 2.84. The Balaban J connectivity index is 2.52. The van der Waals surface area contributed by atoms with E-state index in [0.717, 1.165) is 12.8 Å². The van der Waals surface area contributed by atoms with Crippen LogP contribution in [0.4, 0.5) is 0 Å². The first-order valence-corrected chi connectivity index (χ1v) is 8.28. The van der Waals surface area contributed by atoms with Gasteiger partial charge < -0.3 is 9.94 Å². The molecule has 0 saturated carbocycles. The van der Waals surface area contributed by atoms with Gasteiger partial charge in [0.1, 0.15) is 12.1 Å². The van der Waals surface area contributed by atoms with E-state index >= 15 is 0 Å². The molecule has 6 nitrogen and oxygen atoms in total. The van der Waals surface area contributed by atoms with Crippen molar-refractivity contribution in [2.45, 2.75) is 46.6 Å². The van der Waals surface area contributed by atoms with E-state index in [0.29, 0.717) is 34.3 Å². The summed E-state index contributed by atoms with van der Waals surface area (Å²) >= 11 is 6.28. The molecule has 0 radical (unpaired) electrons. The van der Waals surface area contributed by atoms with Gasteiger partial charge in [-0.05, 0) is 18.8 Å². The molecule has 0 bridgehead atoms. The maximum absolute atomic E-state index is 10.2. The second-order valence-electron chi connectivity index (χ2n) is 5.87. The predicted octanol–water partition coefficient (Wildman–Crippen LogP) is 4.16. The van der Waals surface area contributed by atoms with Crippen molar-refractivity contribution in [1.29, 1.82) is 0 Å². The predicted molar refractivity (Wildman–Crippen MR) is 92.2 cm³/mol. The monoisotopic (exact) mass is 338 g/mol. The molecule has 0 amide bonds. The molecular formula is C16H23ClN4O2. The van der Waals surface area contributed by atoms with Crippen molar-refractivity contribution < 1.29 is 9.94 Å². The van der Waals surface area contributed by atoms with E-state index in [1.54, 1.807) is 10.8 Å². The minimum atomic E-state index is -0.0544. The number of aromatic nitrogens is 3. The van der Waals surface area contributed by atoms with E-state index in [1.807, 2.05) is 13.8 Å². The lowest BCUT2D eigenvalue weighted by Crippen LogP contribution is -2.08. The van der Waals surface area contributed by atoms with Gasteiger partial charge >= 0.3 is 0 Å². The highest BCUT2D eigenvalue weighted by molar-refractivity contribution is 6.34. The summed E-state index contributed by atoms with van der Waals surface area (Å²) in [7, 11) is 0. The van der Waals surface area contributed by atoms with E-state index in [4.69, 9.17) is 16.4 Å². The molecule has 0 aromatic carbocycles. The molecule has 0 atom stereocenters. The van der Waals surface area contributed by atoms with Gasteiger partial charge in [0.05, 0.1) is 11.2 Å². The Hall–Kier alpha value is -1.82. The molecule has 2 rings (SSSR count). The van der Waals surface area contributed by atoms with Crippen molar-refractivity contribution >= 4 is 29.0 Å². The molecule has 0 aliphatic carbocycles. The van der Waals surface area contributed by atoms with E-state index < -0.39 is 0 Å². The number of pyridine rings is 1. The van der Waals surface area contributed by atoms with Crippen LogP contribution in [-0.2, 0) is 4.84 Å². The molecule has 2 aromatic heterocycles. The van der Waals surface area contributed by atoms with Crippen LogP contribution in [0, 0.1) is 5.92 Å². The summed E-state index contributed by atoms with van der Waals surface area (Å²) in [6.07, 6.45) is 4.80. The summed E-state index contributed by atoms with van der Waals surface area (Å²) in [6.45, 7) is 8.76. The Morgan fingerprint density at radius 3 is 2.70 bits per heavy atom. The molecule has 23 heavy (non-hydrogen) atoms. The molecule has 2 aromatic rings. The van der Waals surface area contributed by atoms with Crippen LogP contribution < -0.4 is 0 Å². The lowest BCUT2D eigenvalue weighted by molar-refractivity contribution is 0.120. The first-order chi connectivity index (χ1) is 11.0. The van der Waals surface area contributed by atoms with Gasteiger partial charge in [0.2, 0.25) is 0 Å². The normalized spacial score (nSPS) is 12.1. The molecule has 2 heterocycles. The lowest BCUT2D eigenvalue weighted by Gasteiger charge is -2.17. The number of hydrogen-bond donors (Lipinski definition) is 1. The number of halogens is 1. The van der Waals surface area contributed by atoms with Crippen molar-refractivity contribution in [2.75, 3.05) is 6.61 Å². The fourth-order valence-electron chi connectivity index (χ4n) is 2.45. The zero-order valence-corrected chi connectivity index (χ0v) is 14.7. The summed E-state index contributed by atoms with van der Waals surface area (Å²) in [4.78, 5) is 13.6. The molecule has 0 aliphatic heterocycles. The quantitative estimate of drug-likeness (QED) is 0.607. The molecule has 0 fully saturated rings. The minimum Gasteiger partial charge on any atom is -0.480 e. The standard InChI is InChI=1S/C16H23ClN4O2/c1-5-11(6-2)21-14-12(7-19-23-9-10(3)4)13(17)8-18-15(14)20-16(21)22/h7-8,10-11H,5-6,9H2,1-4H3,(H,18,20,22)/b19-7+. The maximum Gasteiger partial charge on any atom is 0.296 e. The SMILES string of the molecule is CCC(CC)n1c(O)nc2ncc(Cl)c(/C=N/OCC(C)C)c21. The van der Waals surface area contributed by atoms with Gasteiger partial charge in [0, 0.05) is 17.8 Å². The average molecular weight is 339 g/mol. The van der Waals surface area contributed by atoms with Crippen molar-refractivity contribution in [1.82, 2.24) is 14.5 Å². The number of oxime groups is 1. The van der Waals surface area contributed by atoms with Gasteiger partial charge in [0.25, 0.3) is 6.01 Å². The summed E-state index contributed by atoms with van der Waals surface area (Å²) in [5.41, 5.74) is 1.78. The second-order valence-corrected chi connectivity index (χ2v) is 6.28. The van der Waals surface area contributed by atoms with Crippen LogP contribution in [0.15, 0.2) is 11.4 Å². The molecule has 126 valence electrons. The third-order valence-electron chi connectivity index (χ3n) is 3.66. The van der Waals surface area contributed by atoms with Crippen LogP contribution in [-0.4, -0.2) is 32.5 Å². The number of hydrogen-bond acceptors (Lipinski definition) is 5.